The van der Waals surface area contributed by atoms with Crippen LogP contribution in [-0.4, -0.2) is 56.4 Å². The van der Waals surface area contributed by atoms with Gasteiger partial charge in [-0.3, -0.25) is 9.59 Å². The van der Waals surface area contributed by atoms with Crippen LogP contribution in [0.4, 0.5) is 5.69 Å². The van der Waals surface area contributed by atoms with Gasteiger partial charge >= 0.3 is 5.97 Å². The Balaban J connectivity index is 1.33. The molecule has 1 unspecified atom stereocenters. The highest BCUT2D eigenvalue weighted by Gasteiger charge is 2.34. The fourth-order valence-electron chi connectivity index (χ4n) is 6.64. The summed E-state index contributed by atoms with van der Waals surface area (Å²) in [4.78, 5) is 38.0. The Labute approximate surface area is 236 Å². The maximum Gasteiger partial charge on any atom is 0.323 e. The van der Waals surface area contributed by atoms with E-state index in [-0.39, 0.29) is 24.5 Å². The molecule has 2 heterocycles. The largest absolute Gasteiger partial charge is 0.480 e. The third-order valence-corrected chi connectivity index (χ3v) is 8.67. The van der Waals surface area contributed by atoms with Gasteiger partial charge in [0.15, 0.2) is 5.96 Å². The van der Waals surface area contributed by atoms with E-state index in [2.05, 4.69) is 9.88 Å². The number of para-hydroxylation sites is 1. The highest BCUT2D eigenvalue weighted by Crippen LogP contribution is 2.36. The van der Waals surface area contributed by atoms with Crippen LogP contribution in [0.1, 0.15) is 82.6 Å². The molecule has 0 bridgehead atoms. The number of nitrogens with two attached hydrogens (primary N) is 1. The molecule has 1 amide bonds. The maximum absolute atomic E-state index is 13.5. The zero-order valence-electron chi connectivity index (χ0n) is 23.2. The molecule has 3 aliphatic rings. The fraction of sp³-hybridized carbons (Fsp3) is 0.548. The summed E-state index contributed by atoms with van der Waals surface area (Å²) in [5.41, 5.74) is 8.27. The van der Waals surface area contributed by atoms with Crippen LogP contribution in [0.2, 0.25) is 0 Å². The molecule has 1 aliphatic heterocycles. The summed E-state index contributed by atoms with van der Waals surface area (Å²) >= 11 is 0. The van der Waals surface area contributed by atoms with Gasteiger partial charge in [0, 0.05) is 36.7 Å². The van der Waals surface area contributed by atoms with Gasteiger partial charge in [0.1, 0.15) is 12.3 Å². The van der Waals surface area contributed by atoms with Crippen molar-refractivity contribution in [2.45, 2.75) is 95.7 Å². The number of aliphatic imine (C=N–C) groups is 1. The Morgan fingerprint density at radius 1 is 1.05 bits per heavy atom. The number of rotatable bonds is 10. The molecule has 0 spiro atoms. The molecule has 2 aliphatic carbocycles. The van der Waals surface area contributed by atoms with E-state index in [9.17, 15) is 14.7 Å². The Hall–Kier alpha value is -3.62. The third kappa shape index (κ3) is 6.92. The van der Waals surface area contributed by atoms with Gasteiger partial charge in [-0.1, -0.05) is 56.7 Å². The van der Waals surface area contributed by atoms with Gasteiger partial charge in [0.2, 0.25) is 11.8 Å². The zero-order valence-corrected chi connectivity index (χ0v) is 23.2. The summed E-state index contributed by atoms with van der Waals surface area (Å²) in [5.74, 6) is 1.06. The standard InChI is InChI=1S/C31H41N5O4/c32-31-34-26-19-33-28(40-25-14-8-3-9-15-25)18-23(26)20-36(31)27(22-10-4-1-5-11-22)16-17-29(37)35(21-30(38)39)24-12-6-2-7-13-24/h3,8-9,14-15,18-19,22,24,27H,1-2,4-7,10-13,16-17,20-21H2,(H2,32,34)(H,38,39). The Morgan fingerprint density at radius 2 is 1.75 bits per heavy atom. The summed E-state index contributed by atoms with van der Waals surface area (Å²) in [6, 6.07) is 11.5. The van der Waals surface area contributed by atoms with Crippen molar-refractivity contribution >= 4 is 23.5 Å². The average Bonchev–Trinajstić information content (AvgIpc) is 2.97. The molecule has 1 aromatic heterocycles. The molecule has 0 radical (unpaired) electrons. The van der Waals surface area contributed by atoms with Gasteiger partial charge in [-0.15, -0.1) is 0 Å². The molecule has 5 rings (SSSR count). The van der Waals surface area contributed by atoms with Crippen molar-refractivity contribution in [2.24, 2.45) is 16.6 Å². The van der Waals surface area contributed by atoms with Gasteiger partial charge in [-0.2, -0.15) is 0 Å². The maximum atomic E-state index is 13.5. The van der Waals surface area contributed by atoms with E-state index in [0.717, 1.165) is 56.2 Å². The number of carbonyl (C=O) groups is 2. The lowest BCUT2D eigenvalue weighted by Crippen LogP contribution is -2.50. The molecule has 9 nitrogen and oxygen atoms in total. The van der Waals surface area contributed by atoms with Gasteiger partial charge in [0.25, 0.3) is 0 Å². The zero-order chi connectivity index (χ0) is 27.9. The van der Waals surface area contributed by atoms with Crippen LogP contribution in [-0.2, 0) is 16.1 Å². The highest BCUT2D eigenvalue weighted by molar-refractivity contribution is 5.84. The van der Waals surface area contributed by atoms with Crippen molar-refractivity contribution in [1.29, 1.82) is 0 Å². The van der Waals surface area contributed by atoms with E-state index in [4.69, 9.17) is 15.5 Å². The van der Waals surface area contributed by atoms with Crippen molar-refractivity contribution in [1.82, 2.24) is 14.8 Å². The molecule has 40 heavy (non-hydrogen) atoms. The van der Waals surface area contributed by atoms with Crippen LogP contribution < -0.4 is 10.5 Å². The lowest BCUT2D eigenvalue weighted by Gasteiger charge is -2.41. The number of carboxylic acid groups (broad SMARTS) is 1. The summed E-state index contributed by atoms with van der Waals surface area (Å²) in [6.45, 7) is 0.338. The molecule has 9 heteroatoms. The van der Waals surface area contributed by atoms with Crippen LogP contribution in [0, 0.1) is 5.92 Å². The molecule has 214 valence electrons. The number of fused-ring (bicyclic) bond motifs is 1. The lowest BCUT2D eigenvalue weighted by molar-refractivity contribution is -0.147. The van der Waals surface area contributed by atoms with E-state index in [0.29, 0.717) is 42.9 Å². The minimum Gasteiger partial charge on any atom is -0.480 e. The minimum atomic E-state index is -0.950. The quantitative estimate of drug-likeness (QED) is 0.396. The minimum absolute atomic E-state index is 0.0227. The lowest BCUT2D eigenvalue weighted by atomic mass is 9.81. The van der Waals surface area contributed by atoms with E-state index in [1.54, 1.807) is 11.1 Å². The Bertz CT molecular complexity index is 1190. The van der Waals surface area contributed by atoms with Crippen molar-refractivity contribution < 1.29 is 19.4 Å². The topological polar surface area (TPSA) is 121 Å². The number of aliphatic carboxylic acids is 1. The van der Waals surface area contributed by atoms with Gasteiger partial charge in [-0.25, -0.2) is 9.98 Å². The normalized spacial score (nSPS) is 18.9. The SMILES string of the molecule is NC1=Nc2cnc(Oc3ccccc3)cc2CN1C(CCC(=O)N(CC(=O)O)C1CCCCC1)C1CCCCC1. The smallest absolute Gasteiger partial charge is 0.323 e. The van der Waals surface area contributed by atoms with Crippen molar-refractivity contribution in [3.05, 3.63) is 48.2 Å². The van der Waals surface area contributed by atoms with Gasteiger partial charge in [0.05, 0.1) is 11.9 Å². The predicted octanol–water partition coefficient (Wildman–Crippen LogP) is 5.61. The summed E-state index contributed by atoms with van der Waals surface area (Å²) in [7, 11) is 0. The molecule has 2 fully saturated rings. The summed E-state index contributed by atoms with van der Waals surface area (Å²) in [5, 5.41) is 9.54. The number of benzene rings is 1. The van der Waals surface area contributed by atoms with E-state index >= 15 is 0 Å². The molecule has 0 saturated heterocycles. The van der Waals surface area contributed by atoms with Crippen LogP contribution in [0.15, 0.2) is 47.6 Å². The van der Waals surface area contributed by atoms with Crippen LogP contribution in [0.5, 0.6) is 11.6 Å². The molecular formula is C31H41N5O4. The first kappa shape index (κ1) is 27.9. The first-order valence-electron chi connectivity index (χ1n) is 14.8. The number of hydrogen-bond donors (Lipinski definition) is 2. The van der Waals surface area contributed by atoms with Crippen molar-refractivity contribution in [3.8, 4) is 11.6 Å². The second-order valence-electron chi connectivity index (χ2n) is 11.4. The Morgan fingerprint density at radius 3 is 2.45 bits per heavy atom. The molecule has 2 aromatic rings. The van der Waals surface area contributed by atoms with Crippen LogP contribution in [0.3, 0.4) is 0 Å². The number of carboxylic acids is 1. The van der Waals surface area contributed by atoms with Gasteiger partial charge < -0.3 is 25.4 Å². The number of pyridine rings is 1. The van der Waals surface area contributed by atoms with Gasteiger partial charge in [-0.05, 0) is 50.2 Å². The first-order valence-corrected chi connectivity index (χ1v) is 14.8. The average molecular weight is 548 g/mol. The molecule has 2 saturated carbocycles. The number of hydrogen-bond acceptors (Lipinski definition) is 7. The molecular weight excluding hydrogens is 506 g/mol. The molecule has 3 N–H and O–H groups in total. The number of carbonyl (C=O) groups excluding carboxylic acids is 1. The van der Waals surface area contributed by atoms with E-state index < -0.39 is 5.97 Å². The second kappa shape index (κ2) is 13.2. The van der Waals surface area contributed by atoms with Crippen molar-refractivity contribution in [2.75, 3.05) is 6.54 Å². The molecule has 1 atom stereocenters. The van der Waals surface area contributed by atoms with E-state index in [1.807, 2.05) is 36.4 Å². The third-order valence-electron chi connectivity index (χ3n) is 8.67. The second-order valence-corrected chi connectivity index (χ2v) is 11.4. The number of aromatic nitrogens is 1. The monoisotopic (exact) mass is 547 g/mol. The number of ether oxygens (including phenoxy) is 1. The summed E-state index contributed by atoms with van der Waals surface area (Å²) in [6.07, 6.45) is 13.4. The number of nitrogens with zero attached hydrogens (tertiary/aromatic N) is 4. The summed E-state index contributed by atoms with van der Waals surface area (Å²) < 4.78 is 5.97. The molecule has 1 aromatic carbocycles. The highest BCUT2D eigenvalue weighted by atomic mass is 16.5. The fourth-order valence-corrected chi connectivity index (χ4v) is 6.64. The Kier molecular flexibility index (Phi) is 9.19. The van der Waals surface area contributed by atoms with Crippen molar-refractivity contribution in [3.63, 3.8) is 0 Å². The number of amides is 1. The van der Waals surface area contributed by atoms with Crippen LogP contribution >= 0.6 is 0 Å². The van der Waals surface area contributed by atoms with Crippen LogP contribution in [0.25, 0.3) is 0 Å². The number of guanidine groups is 1. The predicted molar refractivity (Wildman–Crippen MR) is 153 cm³/mol. The van der Waals surface area contributed by atoms with E-state index in [1.165, 1.54) is 19.3 Å². The first-order chi connectivity index (χ1) is 19.5.